The van der Waals surface area contributed by atoms with Gasteiger partial charge in [-0.15, -0.1) is 0 Å². The normalized spacial score (nSPS) is 12.0. The number of benzene rings is 2. The van der Waals surface area contributed by atoms with Crippen LogP contribution in [0, 0.1) is 30.2 Å². The number of halogens is 8. The molecule has 0 radical (unpaired) electrons. The minimum Gasteiger partial charge on any atom is -0.455 e. The first-order chi connectivity index (χ1) is 14.0. The minimum atomic E-state index is -5.62. The minimum absolute atomic E-state index is 0.0746. The summed E-state index contributed by atoms with van der Waals surface area (Å²) in [4.78, 5) is 0. The Morgan fingerprint density at radius 1 is 0.967 bits per heavy atom. The maximum absolute atomic E-state index is 13.8. The fraction of sp³-hybridized carbons (Fsp3) is 0.105. The van der Waals surface area contributed by atoms with Crippen molar-refractivity contribution in [3.8, 4) is 11.3 Å². The smallest absolute Gasteiger partial charge is 0.422 e. The molecule has 0 aliphatic carbocycles. The summed E-state index contributed by atoms with van der Waals surface area (Å²) in [6, 6.07) is 8.10. The maximum Gasteiger partial charge on any atom is 0.422 e. The molecule has 0 bridgehead atoms. The van der Waals surface area contributed by atoms with Crippen molar-refractivity contribution in [1.29, 1.82) is 0 Å². The van der Waals surface area contributed by atoms with E-state index in [1.807, 2.05) is 0 Å². The first-order valence-electron chi connectivity index (χ1n) is 8.10. The van der Waals surface area contributed by atoms with Crippen LogP contribution >= 0.6 is 11.6 Å². The van der Waals surface area contributed by atoms with Gasteiger partial charge in [-0.2, -0.15) is 18.3 Å². The van der Waals surface area contributed by atoms with Crippen molar-refractivity contribution in [2.75, 3.05) is 5.43 Å². The van der Waals surface area contributed by atoms with Crippen molar-refractivity contribution >= 4 is 23.5 Å². The second-order valence-corrected chi connectivity index (χ2v) is 6.40. The zero-order valence-electron chi connectivity index (χ0n) is 14.8. The molecule has 0 fully saturated rings. The Labute approximate surface area is 169 Å². The molecule has 0 unspecified atom stereocenters. The highest BCUT2D eigenvalue weighted by atomic mass is 35.5. The van der Waals surface area contributed by atoms with Crippen molar-refractivity contribution in [3.63, 3.8) is 0 Å². The van der Waals surface area contributed by atoms with Crippen molar-refractivity contribution in [3.05, 3.63) is 75.5 Å². The number of rotatable bonds is 4. The molecular formula is C19H10ClF7N2O. The first-order valence-corrected chi connectivity index (χ1v) is 8.47. The van der Waals surface area contributed by atoms with E-state index in [0.29, 0.717) is 16.3 Å². The van der Waals surface area contributed by atoms with Crippen molar-refractivity contribution in [2.45, 2.75) is 13.1 Å². The van der Waals surface area contributed by atoms with E-state index in [2.05, 4.69) is 5.10 Å². The van der Waals surface area contributed by atoms with Gasteiger partial charge < -0.3 is 4.42 Å². The van der Waals surface area contributed by atoms with Crippen LogP contribution in [0.1, 0.15) is 16.9 Å². The molecule has 0 amide bonds. The van der Waals surface area contributed by atoms with Crippen LogP contribution < -0.4 is 5.43 Å². The quantitative estimate of drug-likeness (QED) is 0.202. The summed E-state index contributed by atoms with van der Waals surface area (Å²) in [5.74, 6) is -9.25. The van der Waals surface area contributed by atoms with Crippen molar-refractivity contribution < 1.29 is 35.2 Å². The second kappa shape index (κ2) is 8.02. The molecule has 3 nitrogen and oxygen atoms in total. The van der Waals surface area contributed by atoms with Crippen LogP contribution in [0.2, 0.25) is 5.02 Å². The molecule has 0 atom stereocenters. The summed E-state index contributed by atoms with van der Waals surface area (Å²) in [6.07, 6.45) is -4.71. The van der Waals surface area contributed by atoms with Crippen LogP contribution in [0.3, 0.4) is 0 Å². The number of nitrogens with one attached hydrogen (secondary N) is 1. The average Bonchev–Trinajstić information content (AvgIpc) is 3.13. The Hall–Kier alpha value is -3.01. The predicted molar refractivity (Wildman–Crippen MR) is 96.4 cm³/mol. The van der Waals surface area contributed by atoms with E-state index >= 15 is 0 Å². The molecule has 1 N–H and O–H groups in total. The van der Waals surface area contributed by atoms with E-state index in [-0.39, 0.29) is 5.76 Å². The number of alkyl halides is 3. The molecule has 0 saturated heterocycles. The van der Waals surface area contributed by atoms with Gasteiger partial charge in [-0.1, -0.05) is 23.7 Å². The van der Waals surface area contributed by atoms with E-state index in [1.165, 1.54) is 6.07 Å². The third-order valence-electron chi connectivity index (χ3n) is 4.07. The Bertz CT molecular complexity index is 1110. The highest BCUT2D eigenvalue weighted by molar-refractivity contribution is 6.31. The van der Waals surface area contributed by atoms with Crippen molar-refractivity contribution in [1.82, 2.24) is 0 Å². The van der Waals surface area contributed by atoms with Crippen LogP contribution in [0.5, 0.6) is 0 Å². The summed E-state index contributed by atoms with van der Waals surface area (Å²) < 4.78 is 98.0. The summed E-state index contributed by atoms with van der Waals surface area (Å²) in [5.41, 5.74) is -1.14. The highest BCUT2D eigenvalue weighted by Gasteiger charge is 2.42. The second-order valence-electron chi connectivity index (χ2n) is 5.99. The lowest BCUT2D eigenvalue weighted by Gasteiger charge is -2.13. The van der Waals surface area contributed by atoms with Crippen LogP contribution in [0.25, 0.3) is 11.3 Å². The molecule has 158 valence electrons. The molecule has 2 aromatic carbocycles. The predicted octanol–water partition coefficient (Wildman–Crippen LogP) is 6.93. The lowest BCUT2D eigenvalue weighted by molar-refractivity contribution is -0.143. The number of anilines is 1. The summed E-state index contributed by atoms with van der Waals surface area (Å²) >= 11 is 6.04. The number of hydrogen-bond acceptors (Lipinski definition) is 3. The Morgan fingerprint density at radius 3 is 2.20 bits per heavy atom. The Morgan fingerprint density at radius 2 is 1.60 bits per heavy atom. The Kier molecular flexibility index (Phi) is 5.80. The molecule has 0 saturated carbocycles. The van der Waals surface area contributed by atoms with Gasteiger partial charge in [0, 0.05) is 10.6 Å². The van der Waals surface area contributed by atoms with E-state index in [9.17, 15) is 30.7 Å². The van der Waals surface area contributed by atoms with Crippen molar-refractivity contribution in [2.24, 2.45) is 5.10 Å². The van der Waals surface area contributed by atoms with Gasteiger partial charge >= 0.3 is 6.18 Å². The van der Waals surface area contributed by atoms with Gasteiger partial charge in [0.05, 0.1) is 6.21 Å². The lowest BCUT2D eigenvalue weighted by Crippen LogP contribution is -2.16. The number of hydrogen-bond donors (Lipinski definition) is 1. The molecule has 30 heavy (non-hydrogen) atoms. The van der Waals surface area contributed by atoms with Gasteiger partial charge in [-0.05, 0) is 30.7 Å². The summed E-state index contributed by atoms with van der Waals surface area (Å²) in [5, 5.41) is 3.86. The van der Waals surface area contributed by atoms with Gasteiger partial charge in [0.1, 0.15) is 22.8 Å². The maximum atomic E-state index is 13.8. The van der Waals surface area contributed by atoms with Gasteiger partial charge in [0.25, 0.3) is 0 Å². The van der Waals surface area contributed by atoms with Gasteiger partial charge in [-0.3, -0.25) is 5.43 Å². The molecule has 1 aromatic heterocycles. The van der Waals surface area contributed by atoms with Gasteiger partial charge in [0.15, 0.2) is 23.3 Å². The fourth-order valence-electron chi connectivity index (χ4n) is 2.58. The number of furan rings is 1. The van der Waals surface area contributed by atoms with Crippen LogP contribution in [0.4, 0.5) is 36.4 Å². The molecular weight excluding hydrogens is 441 g/mol. The van der Waals surface area contributed by atoms with Crippen LogP contribution in [-0.2, 0) is 6.18 Å². The molecule has 11 heteroatoms. The van der Waals surface area contributed by atoms with Gasteiger partial charge in [-0.25, -0.2) is 17.6 Å². The number of nitrogens with zero attached hydrogens (tertiary/aromatic N) is 1. The standard InChI is InChI=1S/C19H10ClF7N2O/c1-8-10(3-2-4-11(8)20)12-6-5-9(30-12)7-28-29-18-16(23)14(21)13(19(25,26)27)15(22)17(18)24/h2-7,29H,1H3/b28-7-. The highest BCUT2D eigenvalue weighted by Crippen LogP contribution is 2.38. The topological polar surface area (TPSA) is 37.5 Å². The molecule has 0 spiro atoms. The van der Waals surface area contributed by atoms with E-state index < -0.39 is 40.7 Å². The average molecular weight is 451 g/mol. The molecule has 0 aliphatic rings. The monoisotopic (exact) mass is 450 g/mol. The zero-order valence-corrected chi connectivity index (χ0v) is 15.6. The van der Waals surface area contributed by atoms with E-state index in [0.717, 1.165) is 11.8 Å². The third kappa shape index (κ3) is 4.00. The molecule has 3 rings (SSSR count). The largest absolute Gasteiger partial charge is 0.455 e. The number of hydrazone groups is 1. The van der Waals surface area contributed by atoms with Crippen LogP contribution in [-0.4, -0.2) is 6.21 Å². The van der Waals surface area contributed by atoms with Gasteiger partial charge in [0.2, 0.25) is 0 Å². The zero-order chi connectivity index (χ0) is 22.2. The molecule has 3 aromatic rings. The van der Waals surface area contributed by atoms with E-state index in [4.69, 9.17) is 16.0 Å². The lowest BCUT2D eigenvalue weighted by atomic mass is 10.1. The molecule has 0 aliphatic heterocycles. The fourth-order valence-corrected chi connectivity index (χ4v) is 2.76. The first kappa shape index (κ1) is 21.7. The summed E-state index contributed by atoms with van der Waals surface area (Å²) in [7, 11) is 0. The summed E-state index contributed by atoms with van der Waals surface area (Å²) in [6.45, 7) is 1.76. The Balaban J connectivity index is 1.86. The van der Waals surface area contributed by atoms with Crippen LogP contribution in [0.15, 0.2) is 39.9 Å². The third-order valence-corrected chi connectivity index (χ3v) is 4.48. The molecule has 1 heterocycles. The SMILES string of the molecule is Cc1c(Cl)cccc1-c1ccc(/C=N\Nc2c(F)c(F)c(C(F)(F)F)c(F)c2F)o1. The van der Waals surface area contributed by atoms with E-state index in [1.54, 1.807) is 36.6 Å².